The second-order valence-electron chi connectivity index (χ2n) is 27.0. The monoisotopic (exact) mass is 1210 g/mol. The molecule has 0 aromatic rings. The third kappa shape index (κ3) is 71.2. The van der Waals surface area contributed by atoms with Gasteiger partial charge in [-0.3, -0.25) is 9.59 Å². The van der Waals surface area contributed by atoms with Crippen LogP contribution in [0.15, 0.2) is 36.5 Å². The van der Waals surface area contributed by atoms with E-state index in [0.29, 0.717) is 25.9 Å². The van der Waals surface area contributed by atoms with Crippen molar-refractivity contribution in [2.75, 3.05) is 13.2 Å². The molecule has 0 aliphatic heterocycles. The molecule has 508 valence electrons. The van der Waals surface area contributed by atoms with Crippen LogP contribution in [0.4, 0.5) is 0 Å². The third-order valence-electron chi connectivity index (χ3n) is 18.4. The van der Waals surface area contributed by atoms with Gasteiger partial charge in [0.25, 0.3) is 0 Å². The predicted molar refractivity (Wildman–Crippen MR) is 379 cm³/mol. The van der Waals surface area contributed by atoms with Gasteiger partial charge in [0.1, 0.15) is 0 Å². The largest absolute Gasteiger partial charge is 0.466 e. The number of esters is 1. The Kier molecular flexibility index (Phi) is 73.9. The first-order valence-corrected chi connectivity index (χ1v) is 39.2. The van der Waals surface area contributed by atoms with Crippen LogP contribution in [-0.2, 0) is 14.3 Å². The topological polar surface area (TPSA) is 95.9 Å². The summed E-state index contributed by atoms with van der Waals surface area (Å²) in [6.07, 6.45) is 98.2. The number of allylic oxidation sites excluding steroid dienone is 6. The van der Waals surface area contributed by atoms with Gasteiger partial charge in [0.15, 0.2) is 0 Å². The number of carbonyl (C=O) groups excluding carboxylic acids is 2. The highest BCUT2D eigenvalue weighted by Crippen LogP contribution is 2.19. The molecule has 0 bridgehead atoms. The maximum Gasteiger partial charge on any atom is 0.305 e. The van der Waals surface area contributed by atoms with Crippen molar-refractivity contribution in [3.05, 3.63) is 36.5 Å². The molecule has 0 saturated heterocycles. The van der Waals surface area contributed by atoms with Gasteiger partial charge < -0.3 is 20.3 Å². The van der Waals surface area contributed by atoms with E-state index in [1.54, 1.807) is 0 Å². The number of hydrogen-bond donors (Lipinski definition) is 3. The summed E-state index contributed by atoms with van der Waals surface area (Å²) in [6, 6.07) is -0.538. The van der Waals surface area contributed by atoms with Gasteiger partial charge in [-0.05, 0) is 83.5 Å². The smallest absolute Gasteiger partial charge is 0.305 e. The molecule has 2 atom stereocenters. The summed E-state index contributed by atoms with van der Waals surface area (Å²) in [5.41, 5.74) is 0. The van der Waals surface area contributed by atoms with Crippen molar-refractivity contribution >= 4 is 11.9 Å². The molecular formula is C80H153NO5. The molecule has 0 aliphatic rings. The maximum atomic E-state index is 12.5. The van der Waals surface area contributed by atoms with Gasteiger partial charge in [-0.1, -0.05) is 378 Å². The molecule has 0 rings (SSSR count). The van der Waals surface area contributed by atoms with Gasteiger partial charge >= 0.3 is 5.97 Å². The fraction of sp³-hybridized carbons (Fsp3) is 0.900. The molecule has 1 amide bonds. The molecule has 86 heavy (non-hydrogen) atoms. The van der Waals surface area contributed by atoms with Crippen LogP contribution in [0.2, 0.25) is 0 Å². The highest BCUT2D eigenvalue weighted by molar-refractivity contribution is 5.76. The van der Waals surface area contributed by atoms with E-state index in [0.717, 1.165) is 51.4 Å². The molecule has 0 aromatic carbocycles. The summed E-state index contributed by atoms with van der Waals surface area (Å²) in [5, 5.41) is 23.3. The lowest BCUT2D eigenvalue weighted by Crippen LogP contribution is -2.45. The van der Waals surface area contributed by atoms with Crippen LogP contribution in [0, 0.1) is 0 Å². The Morgan fingerprint density at radius 2 is 0.581 bits per heavy atom. The Morgan fingerprint density at radius 3 is 0.895 bits per heavy atom. The average molecular weight is 1210 g/mol. The van der Waals surface area contributed by atoms with Crippen LogP contribution in [0.25, 0.3) is 0 Å². The summed E-state index contributed by atoms with van der Waals surface area (Å²) < 4.78 is 5.51. The van der Waals surface area contributed by atoms with Gasteiger partial charge in [-0.2, -0.15) is 0 Å². The van der Waals surface area contributed by atoms with Crippen LogP contribution in [0.1, 0.15) is 438 Å². The van der Waals surface area contributed by atoms with E-state index in [-0.39, 0.29) is 18.5 Å². The van der Waals surface area contributed by atoms with Crippen LogP contribution < -0.4 is 5.32 Å². The Labute approximate surface area is 538 Å². The van der Waals surface area contributed by atoms with Crippen molar-refractivity contribution in [1.82, 2.24) is 5.32 Å². The standard InChI is InChI=1S/C80H153NO5/c1-3-5-7-9-11-13-15-17-18-42-46-50-54-58-62-66-70-74-80(85)86-75-71-67-63-59-55-51-47-44-41-39-37-35-33-31-29-27-25-23-21-19-20-22-24-26-28-30-32-34-36-38-40-43-45-49-53-57-61-65-69-73-79(84)81-77(76-82)78(83)72-68-64-60-56-52-48-16-14-12-10-8-6-4-2/h17-20,23,25,77-78,82-83H,3-16,21-22,24,26-76H2,1-2H3,(H,81,84)/b18-17-,20-19-,25-23-. The van der Waals surface area contributed by atoms with Crippen molar-refractivity contribution in [1.29, 1.82) is 0 Å². The average Bonchev–Trinajstić information content (AvgIpc) is 3.54. The lowest BCUT2D eigenvalue weighted by molar-refractivity contribution is -0.143. The van der Waals surface area contributed by atoms with Gasteiger partial charge in [-0.15, -0.1) is 0 Å². The Balaban J connectivity index is 3.33. The number of hydrogen-bond acceptors (Lipinski definition) is 5. The van der Waals surface area contributed by atoms with Crippen molar-refractivity contribution in [2.45, 2.75) is 450 Å². The van der Waals surface area contributed by atoms with Crippen molar-refractivity contribution in [2.24, 2.45) is 0 Å². The lowest BCUT2D eigenvalue weighted by atomic mass is 10.0. The van der Waals surface area contributed by atoms with E-state index in [4.69, 9.17) is 4.74 Å². The van der Waals surface area contributed by atoms with Crippen LogP contribution in [0.5, 0.6) is 0 Å². The highest BCUT2D eigenvalue weighted by Gasteiger charge is 2.20. The molecule has 0 radical (unpaired) electrons. The van der Waals surface area contributed by atoms with Crippen LogP contribution in [-0.4, -0.2) is 47.4 Å². The second kappa shape index (κ2) is 75.5. The fourth-order valence-electron chi connectivity index (χ4n) is 12.4. The predicted octanol–water partition coefficient (Wildman–Crippen LogP) is 25.8. The number of nitrogens with one attached hydrogen (secondary N) is 1. The van der Waals surface area contributed by atoms with E-state index in [1.807, 2.05) is 0 Å². The number of aliphatic hydroxyl groups excluding tert-OH is 2. The summed E-state index contributed by atoms with van der Waals surface area (Å²) in [4.78, 5) is 24.6. The molecule has 0 fully saturated rings. The molecular weight excluding hydrogens is 1050 g/mol. The normalized spacial score (nSPS) is 12.7. The molecule has 0 aliphatic carbocycles. The van der Waals surface area contributed by atoms with Gasteiger partial charge in [0, 0.05) is 12.8 Å². The zero-order valence-corrected chi connectivity index (χ0v) is 58.3. The van der Waals surface area contributed by atoms with E-state index in [1.165, 1.54) is 353 Å². The number of aliphatic hydroxyl groups is 2. The molecule has 0 aromatic heterocycles. The summed E-state index contributed by atoms with van der Waals surface area (Å²) in [6.45, 7) is 4.98. The first kappa shape index (κ1) is 84.1. The molecule has 6 nitrogen and oxygen atoms in total. The van der Waals surface area contributed by atoms with Crippen molar-refractivity contribution in [3.63, 3.8) is 0 Å². The second-order valence-corrected chi connectivity index (χ2v) is 27.0. The summed E-state index contributed by atoms with van der Waals surface area (Å²) in [7, 11) is 0. The molecule has 0 heterocycles. The lowest BCUT2D eigenvalue weighted by Gasteiger charge is -2.22. The number of rotatable bonds is 74. The molecule has 6 heteroatoms. The molecule has 0 spiro atoms. The zero-order valence-electron chi connectivity index (χ0n) is 58.3. The minimum Gasteiger partial charge on any atom is -0.466 e. The van der Waals surface area contributed by atoms with E-state index < -0.39 is 12.1 Å². The molecule has 2 unspecified atom stereocenters. The van der Waals surface area contributed by atoms with Gasteiger partial charge in [-0.25, -0.2) is 0 Å². The number of ether oxygens (including phenoxy) is 1. The SMILES string of the molecule is CCCCCCCC/C=C\CCCCCCCCCC(=O)OCCCCCCCCCCCCCCCCC/C=C\C/C=C\CCCCCCCCCCCCCCCCCCCC(=O)NC(CO)C(O)CCCCCCCCCCCCCCC. The van der Waals surface area contributed by atoms with Gasteiger partial charge in [0.2, 0.25) is 5.91 Å². The first-order valence-electron chi connectivity index (χ1n) is 39.2. The fourth-order valence-corrected chi connectivity index (χ4v) is 12.4. The quantitative estimate of drug-likeness (QED) is 0.0320. The van der Waals surface area contributed by atoms with Gasteiger partial charge in [0.05, 0.1) is 25.4 Å². The highest BCUT2D eigenvalue weighted by atomic mass is 16.5. The van der Waals surface area contributed by atoms with Crippen molar-refractivity contribution in [3.8, 4) is 0 Å². The Hall–Kier alpha value is -1.92. The summed E-state index contributed by atoms with van der Waals surface area (Å²) in [5.74, 6) is -0.0121. The molecule has 3 N–H and O–H groups in total. The number of unbranched alkanes of at least 4 members (excludes halogenated alkanes) is 57. The van der Waals surface area contributed by atoms with E-state index in [2.05, 4.69) is 55.6 Å². The summed E-state index contributed by atoms with van der Waals surface area (Å²) >= 11 is 0. The minimum atomic E-state index is -0.661. The Morgan fingerprint density at radius 1 is 0.326 bits per heavy atom. The van der Waals surface area contributed by atoms with E-state index >= 15 is 0 Å². The Bertz CT molecular complexity index is 1390. The number of carbonyl (C=O) groups is 2. The molecule has 0 saturated carbocycles. The minimum absolute atomic E-state index is 0.0176. The van der Waals surface area contributed by atoms with Crippen molar-refractivity contribution < 1.29 is 24.5 Å². The third-order valence-corrected chi connectivity index (χ3v) is 18.4. The zero-order chi connectivity index (χ0) is 62.0. The van der Waals surface area contributed by atoms with E-state index in [9.17, 15) is 19.8 Å². The van der Waals surface area contributed by atoms with Crippen LogP contribution in [0.3, 0.4) is 0 Å². The first-order chi connectivity index (χ1) is 42.5. The maximum absolute atomic E-state index is 12.5. The van der Waals surface area contributed by atoms with Crippen LogP contribution >= 0.6 is 0 Å². The number of amides is 1.